The van der Waals surface area contributed by atoms with Gasteiger partial charge in [-0.15, -0.1) is 0 Å². The molecule has 1 aliphatic heterocycles. The van der Waals surface area contributed by atoms with Crippen LogP contribution in [-0.4, -0.2) is 24.2 Å². The van der Waals surface area contributed by atoms with E-state index in [2.05, 4.69) is 16.7 Å². The highest BCUT2D eigenvalue weighted by molar-refractivity contribution is 8.03. The van der Waals surface area contributed by atoms with Crippen molar-refractivity contribution < 1.29 is 23.1 Å². The fraction of sp³-hybridized carbons (Fsp3) is 0.148. The maximum absolute atomic E-state index is 13.2. The predicted octanol–water partition coefficient (Wildman–Crippen LogP) is 5.19. The summed E-state index contributed by atoms with van der Waals surface area (Å²) in [5.74, 6) is -1.78. The normalized spacial score (nSPS) is 15.2. The molecule has 7 nitrogen and oxygen atoms in total. The number of furan rings is 1. The maximum atomic E-state index is 13.2. The third-order valence-electron chi connectivity index (χ3n) is 5.31. The Morgan fingerprint density at radius 1 is 1.14 bits per heavy atom. The highest BCUT2D eigenvalue weighted by atomic mass is 32.2. The number of allylic oxidation sites excluding steroid dienone is 1. The number of rotatable bonds is 8. The first-order chi connectivity index (χ1) is 17.5. The molecule has 182 valence electrons. The fourth-order valence-corrected chi connectivity index (χ4v) is 4.61. The predicted molar refractivity (Wildman–Crippen MR) is 135 cm³/mol. The summed E-state index contributed by atoms with van der Waals surface area (Å²) in [6, 6.07) is 20.2. The Morgan fingerprint density at radius 3 is 2.53 bits per heavy atom. The van der Waals surface area contributed by atoms with Gasteiger partial charge in [0.1, 0.15) is 11.6 Å². The Kier molecular flexibility index (Phi) is 7.88. The van der Waals surface area contributed by atoms with Gasteiger partial charge in [-0.05, 0) is 48.9 Å². The minimum atomic E-state index is -0.830. The van der Waals surface area contributed by atoms with Gasteiger partial charge >= 0.3 is 5.97 Å². The van der Waals surface area contributed by atoms with Crippen molar-refractivity contribution in [3.63, 3.8) is 0 Å². The molecule has 0 aliphatic carbocycles. The number of hydrogen-bond donors (Lipinski definition) is 2. The lowest BCUT2D eigenvalue weighted by Gasteiger charge is -2.29. The van der Waals surface area contributed by atoms with E-state index in [-0.39, 0.29) is 29.4 Å². The summed E-state index contributed by atoms with van der Waals surface area (Å²) in [5.41, 5.74) is 2.11. The van der Waals surface area contributed by atoms with Crippen LogP contribution in [-0.2, 0) is 14.3 Å². The van der Waals surface area contributed by atoms with Gasteiger partial charge in [0.25, 0.3) is 0 Å². The van der Waals surface area contributed by atoms with Crippen molar-refractivity contribution in [1.29, 1.82) is 5.26 Å². The molecule has 1 amide bonds. The van der Waals surface area contributed by atoms with Crippen LogP contribution >= 0.6 is 11.8 Å². The second kappa shape index (κ2) is 11.4. The number of nitrogens with one attached hydrogen (secondary N) is 2. The number of ether oxygens (including phenoxy) is 1. The quantitative estimate of drug-likeness (QED) is 0.408. The van der Waals surface area contributed by atoms with Crippen molar-refractivity contribution in [1.82, 2.24) is 5.32 Å². The molecule has 0 spiro atoms. The van der Waals surface area contributed by atoms with Crippen LogP contribution in [0.4, 0.5) is 10.1 Å². The molecule has 0 fully saturated rings. The molecule has 0 saturated carbocycles. The Morgan fingerprint density at radius 2 is 1.89 bits per heavy atom. The smallest absolute Gasteiger partial charge is 0.337 e. The summed E-state index contributed by atoms with van der Waals surface area (Å²) >= 11 is 1.12. The van der Waals surface area contributed by atoms with Gasteiger partial charge in [0.05, 0.1) is 52.5 Å². The first kappa shape index (κ1) is 24.8. The average molecular weight is 504 g/mol. The minimum absolute atomic E-state index is 0.0351. The maximum Gasteiger partial charge on any atom is 0.337 e. The van der Waals surface area contributed by atoms with E-state index in [4.69, 9.17) is 9.15 Å². The standard InChI is InChI=1S/C27H22FN3O4S/c1-2-34-27(33)24-23(21-9-6-14-35-21)20(15-29)26(31-25(24)17-7-4-3-5-8-17)36-16-22(32)30-19-12-10-18(28)11-13-19/h3-14,23,31H,2,16H2,1H3,(H,30,32)/t23-/m1/s1. The summed E-state index contributed by atoms with van der Waals surface area (Å²) in [6.07, 6.45) is 1.47. The van der Waals surface area contributed by atoms with Crippen molar-refractivity contribution in [3.05, 3.63) is 106 Å². The van der Waals surface area contributed by atoms with Crippen molar-refractivity contribution >= 4 is 35.0 Å². The fourth-order valence-electron chi connectivity index (χ4n) is 3.77. The van der Waals surface area contributed by atoms with Crippen LogP contribution in [0.25, 0.3) is 5.70 Å². The van der Waals surface area contributed by atoms with Crippen molar-refractivity contribution in [2.24, 2.45) is 0 Å². The summed E-state index contributed by atoms with van der Waals surface area (Å²) in [7, 11) is 0. The van der Waals surface area contributed by atoms with Gasteiger partial charge in [0.2, 0.25) is 5.91 Å². The van der Waals surface area contributed by atoms with Crippen molar-refractivity contribution in [2.75, 3.05) is 17.7 Å². The molecular formula is C27H22FN3O4S. The van der Waals surface area contributed by atoms with Gasteiger partial charge in [0, 0.05) is 5.69 Å². The molecule has 1 aromatic heterocycles. The van der Waals surface area contributed by atoms with E-state index < -0.39 is 17.7 Å². The molecule has 2 heterocycles. The number of nitriles is 1. The van der Waals surface area contributed by atoms with Gasteiger partial charge in [-0.2, -0.15) is 5.26 Å². The molecule has 1 atom stereocenters. The SMILES string of the molecule is CCOC(=O)C1=C(c2ccccc2)NC(SCC(=O)Nc2ccc(F)cc2)=C(C#N)[C@@H]1c1ccco1. The topological polar surface area (TPSA) is 104 Å². The van der Waals surface area contributed by atoms with Crippen LogP contribution in [0.15, 0.2) is 93.6 Å². The van der Waals surface area contributed by atoms with E-state index in [0.29, 0.717) is 27.7 Å². The highest BCUT2D eigenvalue weighted by Crippen LogP contribution is 2.43. The van der Waals surface area contributed by atoms with E-state index in [0.717, 1.165) is 11.8 Å². The van der Waals surface area contributed by atoms with Crippen LogP contribution in [0.5, 0.6) is 0 Å². The number of carbonyl (C=O) groups is 2. The molecule has 2 N–H and O–H groups in total. The van der Waals surface area contributed by atoms with E-state index in [1.54, 1.807) is 19.1 Å². The third-order valence-corrected chi connectivity index (χ3v) is 6.33. The summed E-state index contributed by atoms with van der Waals surface area (Å²) in [4.78, 5) is 25.7. The number of esters is 1. The molecule has 2 aromatic carbocycles. The Balaban J connectivity index is 1.70. The number of halogens is 1. The lowest BCUT2D eigenvalue weighted by molar-refractivity contribution is -0.138. The molecule has 0 saturated heterocycles. The van der Waals surface area contributed by atoms with E-state index in [9.17, 15) is 19.2 Å². The molecule has 0 bridgehead atoms. The van der Waals surface area contributed by atoms with Crippen LogP contribution in [0.2, 0.25) is 0 Å². The van der Waals surface area contributed by atoms with E-state index in [1.165, 1.54) is 30.5 Å². The molecule has 36 heavy (non-hydrogen) atoms. The summed E-state index contributed by atoms with van der Waals surface area (Å²) < 4.78 is 24.1. The number of amides is 1. The van der Waals surface area contributed by atoms with E-state index in [1.807, 2.05) is 30.3 Å². The first-order valence-electron chi connectivity index (χ1n) is 11.1. The van der Waals surface area contributed by atoms with E-state index >= 15 is 0 Å². The highest BCUT2D eigenvalue weighted by Gasteiger charge is 2.38. The van der Waals surface area contributed by atoms with Crippen molar-refractivity contribution in [2.45, 2.75) is 12.8 Å². The second-order valence-electron chi connectivity index (χ2n) is 7.65. The Labute approximate surface area is 211 Å². The Bertz CT molecular complexity index is 1340. The zero-order chi connectivity index (χ0) is 25.5. The van der Waals surface area contributed by atoms with Gasteiger partial charge in [-0.25, -0.2) is 9.18 Å². The van der Waals surface area contributed by atoms with Gasteiger partial charge in [0.15, 0.2) is 0 Å². The number of benzene rings is 2. The van der Waals surface area contributed by atoms with Crippen LogP contribution in [0.3, 0.4) is 0 Å². The molecule has 4 rings (SSSR count). The monoisotopic (exact) mass is 503 g/mol. The lowest BCUT2D eigenvalue weighted by atomic mass is 9.84. The molecule has 3 aromatic rings. The number of dihydropyridines is 1. The number of thioether (sulfide) groups is 1. The molecule has 1 aliphatic rings. The zero-order valence-electron chi connectivity index (χ0n) is 19.3. The molecular weight excluding hydrogens is 481 g/mol. The third kappa shape index (κ3) is 5.50. The van der Waals surface area contributed by atoms with Gasteiger partial charge < -0.3 is 19.8 Å². The average Bonchev–Trinajstić information content (AvgIpc) is 3.43. The van der Waals surface area contributed by atoms with Crippen LogP contribution in [0, 0.1) is 17.1 Å². The number of nitrogens with zero attached hydrogens (tertiary/aromatic N) is 1. The number of hydrogen-bond acceptors (Lipinski definition) is 7. The lowest BCUT2D eigenvalue weighted by Crippen LogP contribution is -2.29. The number of anilines is 1. The summed E-state index contributed by atoms with van der Waals surface area (Å²) in [5, 5.41) is 16.5. The van der Waals surface area contributed by atoms with Crippen LogP contribution in [0.1, 0.15) is 24.2 Å². The zero-order valence-corrected chi connectivity index (χ0v) is 20.1. The molecule has 0 radical (unpaired) electrons. The summed E-state index contributed by atoms with van der Waals surface area (Å²) in [6.45, 7) is 1.87. The molecule has 9 heteroatoms. The number of carbonyl (C=O) groups excluding carboxylic acids is 2. The van der Waals surface area contributed by atoms with Gasteiger partial charge in [-0.1, -0.05) is 42.1 Å². The molecule has 0 unspecified atom stereocenters. The van der Waals surface area contributed by atoms with Crippen molar-refractivity contribution in [3.8, 4) is 6.07 Å². The minimum Gasteiger partial charge on any atom is -0.468 e. The van der Waals surface area contributed by atoms with Crippen LogP contribution < -0.4 is 10.6 Å². The first-order valence-corrected chi connectivity index (χ1v) is 12.1. The largest absolute Gasteiger partial charge is 0.468 e. The Hall–Kier alpha value is -4.29. The van der Waals surface area contributed by atoms with Gasteiger partial charge in [-0.3, -0.25) is 4.79 Å². The second-order valence-corrected chi connectivity index (χ2v) is 8.63.